The van der Waals surface area contributed by atoms with Crippen LogP contribution in [0.1, 0.15) is 47.0 Å². The van der Waals surface area contributed by atoms with Gasteiger partial charge in [-0.05, 0) is 24.7 Å². The average molecular weight is 463 g/mol. The zero-order chi connectivity index (χ0) is 24.3. The molecule has 12 heteroatoms. The van der Waals surface area contributed by atoms with E-state index < -0.39 is 60.2 Å². The summed E-state index contributed by atoms with van der Waals surface area (Å²) in [6.45, 7) is 7.04. The second-order valence-electron chi connectivity index (χ2n) is 8.04. The highest BCUT2D eigenvalue weighted by Crippen LogP contribution is 2.07. The van der Waals surface area contributed by atoms with Crippen LogP contribution in [-0.2, 0) is 24.0 Å². The van der Waals surface area contributed by atoms with Crippen molar-refractivity contribution in [1.82, 2.24) is 16.0 Å². The SMILES string of the molecule is CC(C)CC(NC(=O)C(CS)NC(=O)C(CCC(=O)O)NC(=O)C(N)C(C)C)C(=O)O. The second-order valence-corrected chi connectivity index (χ2v) is 8.40. The zero-order valence-corrected chi connectivity index (χ0v) is 19.1. The van der Waals surface area contributed by atoms with Gasteiger partial charge in [0.1, 0.15) is 18.1 Å². The van der Waals surface area contributed by atoms with E-state index in [4.69, 9.17) is 10.8 Å². The summed E-state index contributed by atoms with van der Waals surface area (Å²) >= 11 is 4.03. The molecule has 0 radical (unpaired) electrons. The number of carbonyl (C=O) groups is 5. The van der Waals surface area contributed by atoms with E-state index in [1.54, 1.807) is 27.7 Å². The highest BCUT2D eigenvalue weighted by atomic mass is 32.1. The highest BCUT2D eigenvalue weighted by molar-refractivity contribution is 7.80. The molecule has 0 aliphatic carbocycles. The first kappa shape index (κ1) is 28.7. The molecule has 0 saturated carbocycles. The number of nitrogens with one attached hydrogen (secondary N) is 3. The lowest BCUT2D eigenvalue weighted by Gasteiger charge is -2.25. The molecule has 0 rings (SSSR count). The molecule has 0 bridgehead atoms. The number of aliphatic carboxylic acids is 2. The number of thiol groups is 1. The summed E-state index contributed by atoms with van der Waals surface area (Å²) in [5.74, 6) is -4.90. The van der Waals surface area contributed by atoms with Gasteiger partial charge < -0.3 is 31.9 Å². The maximum Gasteiger partial charge on any atom is 0.326 e. The van der Waals surface area contributed by atoms with Gasteiger partial charge in [-0.3, -0.25) is 19.2 Å². The molecule has 178 valence electrons. The molecule has 0 aromatic heterocycles. The highest BCUT2D eigenvalue weighted by Gasteiger charge is 2.30. The molecule has 0 spiro atoms. The summed E-state index contributed by atoms with van der Waals surface area (Å²) in [6, 6.07) is -4.47. The maximum atomic E-state index is 12.7. The summed E-state index contributed by atoms with van der Waals surface area (Å²) in [4.78, 5) is 59.7. The van der Waals surface area contributed by atoms with Crippen LogP contribution in [0.3, 0.4) is 0 Å². The summed E-state index contributed by atoms with van der Waals surface area (Å²) in [7, 11) is 0. The van der Waals surface area contributed by atoms with Gasteiger partial charge in [-0.1, -0.05) is 27.7 Å². The third-order valence-electron chi connectivity index (χ3n) is 4.44. The largest absolute Gasteiger partial charge is 0.481 e. The molecule has 0 saturated heterocycles. The Morgan fingerprint density at radius 2 is 1.32 bits per heavy atom. The van der Waals surface area contributed by atoms with Crippen molar-refractivity contribution in [1.29, 1.82) is 0 Å². The number of amides is 3. The predicted octanol–water partition coefficient (Wildman–Crippen LogP) is -0.651. The molecule has 11 nitrogen and oxygen atoms in total. The Balaban J connectivity index is 5.30. The maximum absolute atomic E-state index is 12.7. The van der Waals surface area contributed by atoms with Gasteiger partial charge in [0, 0.05) is 12.2 Å². The van der Waals surface area contributed by atoms with Gasteiger partial charge in [0.2, 0.25) is 17.7 Å². The van der Waals surface area contributed by atoms with Crippen LogP contribution in [-0.4, -0.2) is 69.8 Å². The minimum absolute atomic E-state index is 0.00576. The van der Waals surface area contributed by atoms with E-state index in [2.05, 4.69) is 28.6 Å². The average Bonchev–Trinajstić information content (AvgIpc) is 2.66. The number of nitrogens with two attached hydrogens (primary N) is 1. The van der Waals surface area contributed by atoms with Crippen LogP contribution < -0.4 is 21.7 Å². The van der Waals surface area contributed by atoms with Gasteiger partial charge in [-0.2, -0.15) is 12.6 Å². The van der Waals surface area contributed by atoms with Crippen molar-refractivity contribution in [3.8, 4) is 0 Å². The van der Waals surface area contributed by atoms with Gasteiger partial charge in [-0.25, -0.2) is 4.79 Å². The Bertz CT molecular complexity index is 657. The third kappa shape index (κ3) is 11.0. The minimum atomic E-state index is -1.24. The molecule has 0 aliphatic rings. The number of carboxylic acid groups (broad SMARTS) is 2. The second kappa shape index (κ2) is 13.9. The fourth-order valence-corrected chi connectivity index (χ4v) is 2.80. The summed E-state index contributed by atoms with van der Waals surface area (Å²) in [5.41, 5.74) is 5.77. The first-order valence-electron chi connectivity index (χ1n) is 10.0. The normalized spacial score (nSPS) is 15.0. The van der Waals surface area contributed by atoms with Crippen molar-refractivity contribution in [3.63, 3.8) is 0 Å². The van der Waals surface area contributed by atoms with E-state index in [0.29, 0.717) is 0 Å². The Hall–Kier alpha value is -2.34. The summed E-state index contributed by atoms with van der Waals surface area (Å²) in [5, 5.41) is 25.4. The van der Waals surface area contributed by atoms with Crippen LogP contribution in [0.25, 0.3) is 0 Å². The monoisotopic (exact) mass is 462 g/mol. The van der Waals surface area contributed by atoms with Crippen molar-refractivity contribution in [2.24, 2.45) is 17.6 Å². The van der Waals surface area contributed by atoms with Crippen LogP contribution >= 0.6 is 12.6 Å². The lowest BCUT2D eigenvalue weighted by atomic mass is 10.0. The fraction of sp³-hybridized carbons (Fsp3) is 0.737. The number of rotatable bonds is 14. The first-order chi connectivity index (χ1) is 14.3. The van der Waals surface area contributed by atoms with E-state index in [0.717, 1.165) is 0 Å². The fourth-order valence-electron chi connectivity index (χ4n) is 2.54. The summed E-state index contributed by atoms with van der Waals surface area (Å²) < 4.78 is 0. The zero-order valence-electron chi connectivity index (χ0n) is 18.3. The van der Waals surface area contributed by atoms with Crippen molar-refractivity contribution >= 4 is 42.3 Å². The Morgan fingerprint density at radius 1 is 0.839 bits per heavy atom. The number of carboxylic acids is 2. The predicted molar refractivity (Wildman–Crippen MR) is 116 cm³/mol. The van der Waals surface area contributed by atoms with Crippen molar-refractivity contribution in [2.75, 3.05) is 5.75 Å². The van der Waals surface area contributed by atoms with E-state index in [9.17, 15) is 29.1 Å². The molecule has 3 amide bonds. The molecule has 0 aromatic rings. The van der Waals surface area contributed by atoms with E-state index in [-0.39, 0.29) is 30.4 Å². The van der Waals surface area contributed by atoms with E-state index in [1.807, 2.05) is 0 Å². The first-order valence-corrected chi connectivity index (χ1v) is 10.6. The summed E-state index contributed by atoms with van der Waals surface area (Å²) in [6.07, 6.45) is -0.426. The van der Waals surface area contributed by atoms with Crippen molar-refractivity contribution in [2.45, 2.75) is 71.1 Å². The van der Waals surface area contributed by atoms with Crippen molar-refractivity contribution in [3.05, 3.63) is 0 Å². The molecule has 7 N–H and O–H groups in total. The lowest BCUT2D eigenvalue weighted by molar-refractivity contribution is -0.142. The minimum Gasteiger partial charge on any atom is -0.481 e. The lowest BCUT2D eigenvalue weighted by Crippen LogP contribution is -2.58. The van der Waals surface area contributed by atoms with Crippen LogP contribution in [0.4, 0.5) is 0 Å². The quantitative estimate of drug-likeness (QED) is 0.166. The molecular formula is C19H34N4O7S. The van der Waals surface area contributed by atoms with Crippen LogP contribution in [0.5, 0.6) is 0 Å². The molecule has 0 heterocycles. The number of carbonyl (C=O) groups excluding carboxylic acids is 3. The van der Waals surface area contributed by atoms with Gasteiger partial charge in [0.15, 0.2) is 0 Å². The molecule has 0 aromatic carbocycles. The Kier molecular flexibility index (Phi) is 12.8. The Labute approximate surface area is 187 Å². The number of hydrogen-bond donors (Lipinski definition) is 7. The van der Waals surface area contributed by atoms with Gasteiger partial charge in [-0.15, -0.1) is 0 Å². The van der Waals surface area contributed by atoms with Crippen LogP contribution in [0, 0.1) is 11.8 Å². The molecule has 0 fully saturated rings. The topological polar surface area (TPSA) is 188 Å². The molecule has 31 heavy (non-hydrogen) atoms. The van der Waals surface area contributed by atoms with Crippen LogP contribution in [0.15, 0.2) is 0 Å². The smallest absolute Gasteiger partial charge is 0.326 e. The molecular weight excluding hydrogens is 428 g/mol. The molecule has 0 aliphatic heterocycles. The standard InChI is InChI=1S/C19H34N4O7S/c1-9(2)7-12(19(29)30)22-17(27)13(8-31)23-16(26)11(5-6-14(24)25)21-18(28)15(20)10(3)4/h9-13,15,31H,5-8,20H2,1-4H3,(H,21,28)(H,22,27)(H,23,26)(H,24,25)(H,29,30). The Morgan fingerprint density at radius 3 is 1.74 bits per heavy atom. The van der Waals surface area contributed by atoms with Gasteiger partial charge >= 0.3 is 11.9 Å². The van der Waals surface area contributed by atoms with Gasteiger partial charge in [0.05, 0.1) is 6.04 Å². The van der Waals surface area contributed by atoms with Crippen LogP contribution in [0.2, 0.25) is 0 Å². The third-order valence-corrected chi connectivity index (χ3v) is 4.80. The van der Waals surface area contributed by atoms with E-state index >= 15 is 0 Å². The molecule has 4 unspecified atom stereocenters. The van der Waals surface area contributed by atoms with E-state index in [1.165, 1.54) is 0 Å². The van der Waals surface area contributed by atoms with Crippen molar-refractivity contribution < 1.29 is 34.2 Å². The van der Waals surface area contributed by atoms with Gasteiger partial charge in [0.25, 0.3) is 0 Å². The number of hydrogen-bond acceptors (Lipinski definition) is 7. The molecule has 4 atom stereocenters.